The summed E-state index contributed by atoms with van der Waals surface area (Å²) in [6, 6.07) is 1.33. The lowest BCUT2D eigenvalue weighted by atomic mass is 10.0. The molecule has 2 saturated heterocycles. The molecular formula is C12H23NOS. The van der Waals surface area contributed by atoms with Crippen molar-refractivity contribution in [3.63, 3.8) is 0 Å². The van der Waals surface area contributed by atoms with Gasteiger partial charge in [-0.05, 0) is 37.9 Å². The van der Waals surface area contributed by atoms with Crippen molar-refractivity contribution in [3.05, 3.63) is 0 Å². The molecule has 2 fully saturated rings. The maximum atomic E-state index is 5.78. The van der Waals surface area contributed by atoms with Gasteiger partial charge in [0, 0.05) is 24.4 Å². The molecule has 3 atom stereocenters. The quantitative estimate of drug-likeness (QED) is 0.800. The van der Waals surface area contributed by atoms with Crippen molar-refractivity contribution in [1.29, 1.82) is 0 Å². The Balaban J connectivity index is 1.78. The topological polar surface area (TPSA) is 21.3 Å². The Hall–Kier alpha value is 0.270. The van der Waals surface area contributed by atoms with E-state index in [2.05, 4.69) is 24.0 Å². The highest BCUT2D eigenvalue weighted by atomic mass is 32.2. The smallest absolute Gasteiger partial charge is 0.0728 e. The minimum absolute atomic E-state index is 0.488. The van der Waals surface area contributed by atoms with Crippen LogP contribution in [0.1, 0.15) is 39.0 Å². The number of ether oxygens (including phenoxy) is 1. The van der Waals surface area contributed by atoms with Crippen LogP contribution in [0.4, 0.5) is 0 Å². The number of hydrogen-bond acceptors (Lipinski definition) is 3. The molecule has 2 heterocycles. The number of thioether (sulfide) groups is 1. The highest BCUT2D eigenvalue weighted by molar-refractivity contribution is 7.99. The first-order valence-electron chi connectivity index (χ1n) is 6.35. The molecule has 0 unspecified atom stereocenters. The predicted octanol–water partition coefficient (Wildman–Crippen LogP) is 2.43. The van der Waals surface area contributed by atoms with E-state index in [9.17, 15) is 0 Å². The maximum Gasteiger partial charge on any atom is 0.0728 e. The van der Waals surface area contributed by atoms with Crippen molar-refractivity contribution in [3.8, 4) is 0 Å². The van der Waals surface area contributed by atoms with E-state index < -0.39 is 0 Å². The predicted molar refractivity (Wildman–Crippen MR) is 66.5 cm³/mol. The molecule has 0 amide bonds. The zero-order valence-electron chi connectivity index (χ0n) is 9.71. The van der Waals surface area contributed by atoms with Crippen LogP contribution in [0.25, 0.3) is 0 Å². The number of hydrogen-bond donors (Lipinski definition) is 1. The van der Waals surface area contributed by atoms with E-state index in [1.165, 1.54) is 43.6 Å². The van der Waals surface area contributed by atoms with Gasteiger partial charge in [-0.15, -0.1) is 0 Å². The molecule has 0 radical (unpaired) electrons. The number of rotatable bonds is 4. The highest BCUT2D eigenvalue weighted by Gasteiger charge is 2.26. The van der Waals surface area contributed by atoms with Crippen molar-refractivity contribution in [2.75, 3.05) is 18.1 Å². The summed E-state index contributed by atoms with van der Waals surface area (Å²) in [7, 11) is 0. The van der Waals surface area contributed by atoms with Crippen molar-refractivity contribution in [2.45, 2.75) is 57.2 Å². The van der Waals surface area contributed by atoms with Gasteiger partial charge < -0.3 is 10.1 Å². The van der Waals surface area contributed by atoms with Gasteiger partial charge >= 0.3 is 0 Å². The molecule has 0 aromatic carbocycles. The first kappa shape index (κ1) is 11.7. The molecule has 0 aromatic heterocycles. The summed E-state index contributed by atoms with van der Waals surface area (Å²) < 4.78 is 5.78. The third-order valence-corrected chi connectivity index (χ3v) is 4.68. The Kier molecular flexibility index (Phi) is 4.79. The molecule has 2 aliphatic rings. The van der Waals surface area contributed by atoms with Gasteiger partial charge in [0.1, 0.15) is 0 Å². The summed E-state index contributed by atoms with van der Waals surface area (Å²) in [6.07, 6.45) is 6.93. The van der Waals surface area contributed by atoms with E-state index in [1.807, 2.05) is 0 Å². The molecule has 0 aliphatic carbocycles. The van der Waals surface area contributed by atoms with Crippen molar-refractivity contribution < 1.29 is 4.74 Å². The van der Waals surface area contributed by atoms with Crippen LogP contribution < -0.4 is 5.32 Å². The molecular weight excluding hydrogens is 206 g/mol. The first-order valence-corrected chi connectivity index (χ1v) is 7.51. The SMILES string of the molecule is CC[C@H](N[C@@H]1CCCSC1)[C@H]1CCCO1. The normalized spacial score (nSPS) is 34.2. The Labute approximate surface area is 97.5 Å². The molecule has 0 saturated carbocycles. The van der Waals surface area contributed by atoms with E-state index >= 15 is 0 Å². The van der Waals surface area contributed by atoms with E-state index in [0.29, 0.717) is 12.1 Å². The summed E-state index contributed by atoms with van der Waals surface area (Å²) in [5.74, 6) is 2.65. The molecule has 0 spiro atoms. The number of nitrogens with one attached hydrogen (secondary N) is 1. The molecule has 0 aromatic rings. The van der Waals surface area contributed by atoms with Crippen LogP contribution in [0.2, 0.25) is 0 Å². The summed E-state index contributed by atoms with van der Waals surface area (Å²) >= 11 is 2.09. The monoisotopic (exact) mass is 229 g/mol. The average Bonchev–Trinajstić information content (AvgIpc) is 2.81. The van der Waals surface area contributed by atoms with Gasteiger partial charge in [0.25, 0.3) is 0 Å². The standard InChI is InChI=1S/C12H23NOS/c1-2-11(12-6-3-7-14-12)13-10-5-4-8-15-9-10/h10-13H,2-9H2,1H3/t10-,11+,12-/m1/s1. The van der Waals surface area contributed by atoms with E-state index in [-0.39, 0.29) is 0 Å². The Morgan fingerprint density at radius 2 is 2.33 bits per heavy atom. The molecule has 2 nitrogen and oxygen atoms in total. The fourth-order valence-corrected chi connectivity index (χ4v) is 3.67. The minimum Gasteiger partial charge on any atom is -0.377 e. The maximum absolute atomic E-state index is 5.78. The van der Waals surface area contributed by atoms with E-state index in [4.69, 9.17) is 4.74 Å². The van der Waals surface area contributed by atoms with Crippen LogP contribution in [0.5, 0.6) is 0 Å². The molecule has 3 heteroatoms. The second kappa shape index (κ2) is 6.12. The third kappa shape index (κ3) is 3.36. The fourth-order valence-electron chi connectivity index (χ4n) is 2.58. The van der Waals surface area contributed by atoms with Gasteiger partial charge in [-0.3, -0.25) is 0 Å². The summed E-state index contributed by atoms with van der Waals surface area (Å²) in [5.41, 5.74) is 0. The van der Waals surface area contributed by atoms with Gasteiger partial charge in [0.2, 0.25) is 0 Å². The van der Waals surface area contributed by atoms with Crippen molar-refractivity contribution >= 4 is 11.8 Å². The van der Waals surface area contributed by atoms with Gasteiger partial charge in [-0.2, -0.15) is 11.8 Å². The molecule has 2 aliphatic heterocycles. The highest BCUT2D eigenvalue weighted by Crippen LogP contribution is 2.21. The second-order valence-corrected chi connectivity index (χ2v) is 5.80. The van der Waals surface area contributed by atoms with Crippen LogP contribution in [-0.4, -0.2) is 36.3 Å². The average molecular weight is 229 g/mol. The molecule has 88 valence electrons. The van der Waals surface area contributed by atoms with Crippen molar-refractivity contribution in [1.82, 2.24) is 5.32 Å². The lowest BCUT2D eigenvalue weighted by Gasteiger charge is -2.30. The fraction of sp³-hybridized carbons (Fsp3) is 1.00. The molecule has 15 heavy (non-hydrogen) atoms. The third-order valence-electron chi connectivity index (χ3n) is 3.46. The van der Waals surface area contributed by atoms with E-state index in [1.54, 1.807) is 0 Å². The van der Waals surface area contributed by atoms with Gasteiger partial charge in [0.05, 0.1) is 6.10 Å². The first-order chi connectivity index (χ1) is 7.40. The van der Waals surface area contributed by atoms with Gasteiger partial charge in [0.15, 0.2) is 0 Å². The van der Waals surface area contributed by atoms with Gasteiger partial charge in [-0.25, -0.2) is 0 Å². The summed E-state index contributed by atoms with van der Waals surface area (Å²) in [6.45, 7) is 3.25. The summed E-state index contributed by atoms with van der Waals surface area (Å²) in [5, 5.41) is 3.80. The van der Waals surface area contributed by atoms with Gasteiger partial charge in [-0.1, -0.05) is 6.92 Å². The lowest BCUT2D eigenvalue weighted by Crippen LogP contribution is -2.46. The minimum atomic E-state index is 0.488. The Bertz CT molecular complexity index is 176. The zero-order chi connectivity index (χ0) is 10.5. The zero-order valence-corrected chi connectivity index (χ0v) is 10.5. The summed E-state index contributed by atoms with van der Waals surface area (Å²) in [4.78, 5) is 0. The van der Waals surface area contributed by atoms with Crippen LogP contribution in [-0.2, 0) is 4.74 Å². The van der Waals surface area contributed by atoms with Crippen LogP contribution in [0, 0.1) is 0 Å². The molecule has 2 rings (SSSR count). The molecule has 1 N–H and O–H groups in total. The van der Waals surface area contributed by atoms with Crippen LogP contribution >= 0.6 is 11.8 Å². The second-order valence-electron chi connectivity index (χ2n) is 4.65. The van der Waals surface area contributed by atoms with Crippen LogP contribution in [0.3, 0.4) is 0 Å². The molecule has 0 bridgehead atoms. The van der Waals surface area contributed by atoms with Crippen molar-refractivity contribution in [2.24, 2.45) is 0 Å². The van der Waals surface area contributed by atoms with E-state index in [0.717, 1.165) is 12.6 Å². The van der Waals surface area contributed by atoms with Crippen LogP contribution in [0.15, 0.2) is 0 Å². The lowest BCUT2D eigenvalue weighted by molar-refractivity contribution is 0.0732. The Morgan fingerprint density at radius 3 is 2.93 bits per heavy atom. The largest absolute Gasteiger partial charge is 0.377 e. The Morgan fingerprint density at radius 1 is 1.40 bits per heavy atom.